The van der Waals surface area contributed by atoms with Crippen molar-refractivity contribution in [2.45, 2.75) is 19.4 Å². The summed E-state index contributed by atoms with van der Waals surface area (Å²) in [7, 11) is 6.42. The van der Waals surface area contributed by atoms with Gasteiger partial charge in [-0.3, -0.25) is 9.59 Å². The molecule has 2 amide bonds. The minimum absolute atomic E-state index is 0.0890. The number of likely N-dealkylation sites (N-methyl/N-ethyl adjacent to an activating group) is 2. The molecule has 0 saturated heterocycles. The van der Waals surface area contributed by atoms with Crippen LogP contribution in [0.1, 0.15) is 13.3 Å². The molecule has 0 bridgehead atoms. The summed E-state index contributed by atoms with van der Waals surface area (Å²) in [5.74, 6) is -0.257. The molecule has 0 N–H and O–H groups in total. The van der Waals surface area contributed by atoms with E-state index in [1.54, 1.807) is 21.1 Å². The van der Waals surface area contributed by atoms with Gasteiger partial charge in [0.25, 0.3) is 5.91 Å². The molecule has 0 aliphatic carbocycles. The van der Waals surface area contributed by atoms with Crippen LogP contribution in [0.15, 0.2) is 0 Å². The Morgan fingerprint density at radius 1 is 1.27 bits per heavy atom. The van der Waals surface area contributed by atoms with Gasteiger partial charge in [-0.1, -0.05) is 6.92 Å². The highest BCUT2D eigenvalue weighted by Crippen LogP contribution is 2.01. The molecule has 0 aromatic rings. The van der Waals surface area contributed by atoms with Crippen molar-refractivity contribution >= 4 is 11.8 Å². The zero-order valence-electron chi connectivity index (χ0n) is 10.1. The maximum Gasteiger partial charge on any atom is 0.251 e. The first kappa shape index (κ1) is 13.9. The van der Waals surface area contributed by atoms with Gasteiger partial charge in [0, 0.05) is 28.3 Å². The van der Waals surface area contributed by atoms with E-state index in [9.17, 15) is 9.59 Å². The van der Waals surface area contributed by atoms with Crippen LogP contribution in [-0.4, -0.2) is 62.5 Å². The van der Waals surface area contributed by atoms with Crippen molar-refractivity contribution in [1.82, 2.24) is 9.80 Å². The third-order valence-electron chi connectivity index (χ3n) is 2.18. The second kappa shape index (κ2) is 6.40. The molecule has 0 aromatic heterocycles. The number of amides is 2. The molecule has 15 heavy (non-hydrogen) atoms. The van der Waals surface area contributed by atoms with Crippen molar-refractivity contribution < 1.29 is 14.3 Å². The molecule has 0 aromatic carbocycles. The lowest BCUT2D eigenvalue weighted by Gasteiger charge is -2.22. The lowest BCUT2D eigenvalue weighted by atomic mass is 10.2. The maximum atomic E-state index is 11.7. The van der Waals surface area contributed by atoms with Crippen LogP contribution < -0.4 is 0 Å². The van der Waals surface area contributed by atoms with E-state index in [-0.39, 0.29) is 18.4 Å². The smallest absolute Gasteiger partial charge is 0.251 e. The molecular formula is C10H20N2O3. The molecule has 0 saturated carbocycles. The molecule has 0 aliphatic rings. The summed E-state index contributed by atoms with van der Waals surface area (Å²) in [6, 6.07) is 0. The molecule has 1 unspecified atom stereocenters. The van der Waals surface area contributed by atoms with Gasteiger partial charge < -0.3 is 14.5 Å². The zero-order chi connectivity index (χ0) is 12.0. The number of hydrogen-bond donors (Lipinski definition) is 0. The molecule has 5 heteroatoms. The molecule has 0 spiro atoms. The predicted molar refractivity (Wildman–Crippen MR) is 57.4 cm³/mol. The number of ether oxygens (including phenoxy) is 1. The predicted octanol–water partition coefficient (Wildman–Crippen LogP) is -0.0420. The van der Waals surface area contributed by atoms with Crippen molar-refractivity contribution in [3.63, 3.8) is 0 Å². The Kier molecular flexibility index (Phi) is 5.93. The van der Waals surface area contributed by atoms with Gasteiger partial charge in [0.05, 0.1) is 6.54 Å². The van der Waals surface area contributed by atoms with Crippen LogP contribution in [0.4, 0.5) is 0 Å². The highest BCUT2D eigenvalue weighted by Gasteiger charge is 2.21. The summed E-state index contributed by atoms with van der Waals surface area (Å²) in [6.07, 6.45) is 0.153. The number of nitrogens with zero attached hydrogens (tertiary/aromatic N) is 2. The normalized spacial score (nSPS) is 12.1. The topological polar surface area (TPSA) is 49.9 Å². The van der Waals surface area contributed by atoms with E-state index in [0.717, 1.165) is 0 Å². The summed E-state index contributed by atoms with van der Waals surface area (Å²) in [5, 5.41) is 0. The van der Waals surface area contributed by atoms with E-state index < -0.39 is 6.10 Å². The second-order valence-corrected chi connectivity index (χ2v) is 3.62. The maximum absolute atomic E-state index is 11.7. The van der Waals surface area contributed by atoms with Crippen molar-refractivity contribution in [2.75, 3.05) is 34.8 Å². The SMILES string of the molecule is CCC(OC)C(=O)N(C)CC(=O)N(C)C. The number of carbonyl (C=O) groups excluding carboxylic acids is 2. The minimum atomic E-state index is -0.454. The van der Waals surface area contributed by atoms with E-state index in [2.05, 4.69) is 0 Å². The number of hydrogen-bond acceptors (Lipinski definition) is 3. The molecule has 0 radical (unpaired) electrons. The van der Waals surface area contributed by atoms with Crippen molar-refractivity contribution in [2.24, 2.45) is 0 Å². The Hall–Kier alpha value is -1.10. The monoisotopic (exact) mass is 216 g/mol. The van der Waals surface area contributed by atoms with Gasteiger partial charge in [0.2, 0.25) is 5.91 Å². The third-order valence-corrected chi connectivity index (χ3v) is 2.18. The van der Waals surface area contributed by atoms with Gasteiger partial charge in [-0.25, -0.2) is 0 Å². The van der Waals surface area contributed by atoms with Crippen LogP contribution in [0.3, 0.4) is 0 Å². The highest BCUT2D eigenvalue weighted by atomic mass is 16.5. The van der Waals surface area contributed by atoms with Gasteiger partial charge in [-0.2, -0.15) is 0 Å². The first-order valence-electron chi connectivity index (χ1n) is 4.91. The Morgan fingerprint density at radius 2 is 1.80 bits per heavy atom. The largest absolute Gasteiger partial charge is 0.372 e. The molecule has 0 heterocycles. The lowest BCUT2D eigenvalue weighted by molar-refractivity contribution is -0.145. The first-order valence-corrected chi connectivity index (χ1v) is 4.91. The van der Waals surface area contributed by atoms with E-state index >= 15 is 0 Å². The van der Waals surface area contributed by atoms with E-state index in [1.165, 1.54) is 16.9 Å². The van der Waals surface area contributed by atoms with Crippen molar-refractivity contribution in [3.8, 4) is 0 Å². The summed E-state index contributed by atoms with van der Waals surface area (Å²) in [4.78, 5) is 25.9. The lowest BCUT2D eigenvalue weighted by Crippen LogP contribution is -2.42. The van der Waals surface area contributed by atoms with Gasteiger partial charge >= 0.3 is 0 Å². The molecular weight excluding hydrogens is 196 g/mol. The fraction of sp³-hybridized carbons (Fsp3) is 0.800. The van der Waals surface area contributed by atoms with Gasteiger partial charge in [-0.15, -0.1) is 0 Å². The van der Waals surface area contributed by atoms with E-state index in [4.69, 9.17) is 4.74 Å². The van der Waals surface area contributed by atoms with Crippen LogP contribution in [0.5, 0.6) is 0 Å². The van der Waals surface area contributed by atoms with Crippen molar-refractivity contribution in [1.29, 1.82) is 0 Å². The fourth-order valence-electron chi connectivity index (χ4n) is 1.11. The molecule has 0 rings (SSSR count). The van der Waals surface area contributed by atoms with Crippen LogP contribution in [0.2, 0.25) is 0 Å². The summed E-state index contributed by atoms with van der Waals surface area (Å²) in [6.45, 7) is 1.96. The fourth-order valence-corrected chi connectivity index (χ4v) is 1.11. The standard InChI is InChI=1S/C10H20N2O3/c1-6-8(15-5)10(14)12(4)7-9(13)11(2)3/h8H,6-7H2,1-5H3. The molecule has 0 fully saturated rings. The Labute approximate surface area is 91.0 Å². The first-order chi connectivity index (χ1) is 6.93. The van der Waals surface area contributed by atoms with Crippen LogP contribution >= 0.6 is 0 Å². The Balaban J connectivity index is 4.26. The van der Waals surface area contributed by atoms with Crippen molar-refractivity contribution in [3.05, 3.63) is 0 Å². The summed E-state index contributed by atoms with van der Waals surface area (Å²) < 4.78 is 5.01. The quantitative estimate of drug-likeness (QED) is 0.648. The molecule has 1 atom stereocenters. The molecule has 88 valence electrons. The Bertz CT molecular complexity index is 225. The van der Waals surface area contributed by atoms with E-state index in [1.807, 2.05) is 6.92 Å². The molecule has 5 nitrogen and oxygen atoms in total. The number of rotatable bonds is 5. The summed E-state index contributed by atoms with van der Waals surface area (Å²) >= 11 is 0. The van der Waals surface area contributed by atoms with E-state index in [0.29, 0.717) is 6.42 Å². The summed E-state index contributed by atoms with van der Waals surface area (Å²) in [5.41, 5.74) is 0. The number of methoxy groups -OCH3 is 1. The van der Waals surface area contributed by atoms with Crippen LogP contribution in [-0.2, 0) is 14.3 Å². The molecule has 0 aliphatic heterocycles. The highest BCUT2D eigenvalue weighted by molar-refractivity contribution is 5.86. The van der Waals surface area contributed by atoms with Gasteiger partial charge in [-0.05, 0) is 6.42 Å². The average Bonchev–Trinajstić information content (AvgIpc) is 2.19. The van der Waals surface area contributed by atoms with Crippen LogP contribution in [0.25, 0.3) is 0 Å². The Morgan fingerprint density at radius 3 is 2.13 bits per heavy atom. The second-order valence-electron chi connectivity index (χ2n) is 3.62. The average molecular weight is 216 g/mol. The van der Waals surface area contributed by atoms with Crippen LogP contribution in [0, 0.1) is 0 Å². The van der Waals surface area contributed by atoms with Gasteiger partial charge in [0.1, 0.15) is 6.10 Å². The minimum Gasteiger partial charge on any atom is -0.372 e. The van der Waals surface area contributed by atoms with Gasteiger partial charge in [0.15, 0.2) is 0 Å². The number of carbonyl (C=O) groups is 2. The third kappa shape index (κ3) is 4.29. The zero-order valence-corrected chi connectivity index (χ0v) is 10.1.